The first kappa shape index (κ1) is 29.7. The van der Waals surface area contributed by atoms with Crippen LogP contribution in [-0.4, -0.2) is 9.55 Å². The van der Waals surface area contributed by atoms with E-state index in [1.807, 2.05) is 0 Å². The van der Waals surface area contributed by atoms with Gasteiger partial charge in [0.2, 0.25) is 0 Å². The lowest BCUT2D eigenvalue weighted by Gasteiger charge is -2.17. The first-order valence-electron chi connectivity index (χ1n) is 10.9. The monoisotopic (exact) mass is 609 g/mol. The van der Waals surface area contributed by atoms with Crippen molar-refractivity contribution in [3.63, 3.8) is 0 Å². The largest absolute Gasteiger partial charge is 0.433 e. The van der Waals surface area contributed by atoms with Gasteiger partial charge in [0, 0.05) is 16.5 Å². The van der Waals surface area contributed by atoms with E-state index >= 15 is 0 Å². The second-order valence-electron chi connectivity index (χ2n) is 8.34. The molecule has 41 heavy (non-hydrogen) atoms. The van der Waals surface area contributed by atoms with E-state index < -0.39 is 76.0 Å². The van der Waals surface area contributed by atoms with E-state index in [4.69, 9.17) is 0 Å². The van der Waals surface area contributed by atoms with Crippen LogP contribution >= 0.6 is 11.3 Å². The molecule has 0 amide bonds. The molecule has 3 aromatic heterocycles. The molecule has 16 heteroatoms. The second kappa shape index (κ2) is 10.3. The first-order chi connectivity index (χ1) is 18.9. The predicted molar refractivity (Wildman–Crippen MR) is 122 cm³/mol. The van der Waals surface area contributed by atoms with Crippen LogP contribution in [0.2, 0.25) is 0 Å². The highest BCUT2D eigenvalue weighted by molar-refractivity contribution is 7.18. The van der Waals surface area contributed by atoms with Gasteiger partial charge in [0.05, 0.1) is 22.7 Å². The van der Waals surface area contributed by atoms with E-state index in [0.29, 0.717) is 40.2 Å². The lowest BCUT2D eigenvalue weighted by atomic mass is 10.1. The maximum atomic E-state index is 14.4. The number of aromatic nitrogens is 2. The number of benzene rings is 1. The van der Waals surface area contributed by atoms with Crippen molar-refractivity contribution in [2.24, 2.45) is 0 Å². The summed E-state index contributed by atoms with van der Waals surface area (Å²) in [5, 5.41) is 9.27. The smallest absolute Gasteiger partial charge is 0.302 e. The van der Waals surface area contributed by atoms with Gasteiger partial charge in [-0.25, -0.2) is 13.8 Å². The summed E-state index contributed by atoms with van der Waals surface area (Å²) in [5.41, 5.74) is -9.86. The van der Waals surface area contributed by atoms with Gasteiger partial charge in [-0.3, -0.25) is 4.79 Å². The summed E-state index contributed by atoms with van der Waals surface area (Å²) < 4.78 is 149. The van der Waals surface area contributed by atoms with E-state index in [0.717, 1.165) is 30.3 Å². The van der Waals surface area contributed by atoms with Gasteiger partial charge in [0.25, 0.3) is 5.56 Å². The standard InChI is InChI=1S/C25H10F11N3OS/c26-13-2-1-11(16(27)7-13)10-39-17(8-15(23(28,29)30)14(9-37)22(39)40)19-4-3-18(41-19)12-5-20(24(31,32)33)38-21(6-12)25(34,35)36/h1-8H,10H2. The van der Waals surface area contributed by atoms with E-state index in [1.54, 1.807) is 0 Å². The fourth-order valence-corrected chi connectivity index (χ4v) is 4.77. The van der Waals surface area contributed by atoms with Crippen molar-refractivity contribution >= 4 is 11.3 Å². The predicted octanol–water partition coefficient (Wildman–Crippen LogP) is 7.89. The minimum atomic E-state index is -5.27. The van der Waals surface area contributed by atoms with E-state index in [9.17, 15) is 58.4 Å². The Morgan fingerprint density at radius 2 is 1.39 bits per heavy atom. The molecule has 0 saturated heterocycles. The topological polar surface area (TPSA) is 58.7 Å². The lowest BCUT2D eigenvalue weighted by Crippen LogP contribution is -2.28. The van der Waals surface area contributed by atoms with Crippen molar-refractivity contribution < 1.29 is 48.3 Å². The first-order valence-corrected chi connectivity index (χ1v) is 11.7. The zero-order valence-electron chi connectivity index (χ0n) is 19.6. The molecule has 4 aromatic rings. The fourth-order valence-electron chi connectivity index (χ4n) is 3.75. The minimum Gasteiger partial charge on any atom is -0.302 e. The highest BCUT2D eigenvalue weighted by Crippen LogP contribution is 2.41. The number of thiophene rings is 1. The average molecular weight is 609 g/mol. The third-order valence-electron chi connectivity index (χ3n) is 5.61. The Labute approximate surface area is 225 Å². The van der Waals surface area contributed by atoms with Gasteiger partial charge in [0.15, 0.2) is 0 Å². The minimum absolute atomic E-state index is 0.256. The molecule has 0 aliphatic rings. The number of alkyl halides is 9. The Morgan fingerprint density at radius 1 is 0.805 bits per heavy atom. The zero-order valence-corrected chi connectivity index (χ0v) is 20.5. The Morgan fingerprint density at radius 3 is 1.90 bits per heavy atom. The summed E-state index contributed by atoms with van der Waals surface area (Å²) in [7, 11) is 0. The number of hydrogen-bond donors (Lipinski definition) is 0. The SMILES string of the molecule is N#Cc1c(C(F)(F)F)cc(-c2ccc(-c3cc(C(F)(F)F)nc(C(F)(F)F)c3)s2)n(Cc2ccc(F)cc2F)c1=O. The van der Waals surface area contributed by atoms with Gasteiger partial charge in [0.1, 0.15) is 34.7 Å². The van der Waals surface area contributed by atoms with Crippen LogP contribution in [0.1, 0.15) is 28.1 Å². The summed E-state index contributed by atoms with van der Waals surface area (Å²) in [4.78, 5) is 15.1. The molecule has 214 valence electrons. The molecule has 0 unspecified atom stereocenters. The molecule has 4 rings (SSSR count). The Bertz CT molecular complexity index is 1710. The summed E-state index contributed by atoms with van der Waals surface area (Å²) in [6.07, 6.45) is -15.8. The van der Waals surface area contributed by atoms with Crippen LogP contribution in [0, 0.1) is 23.0 Å². The van der Waals surface area contributed by atoms with Crippen LogP contribution in [0.15, 0.2) is 53.3 Å². The molecule has 0 aliphatic heterocycles. The lowest BCUT2D eigenvalue weighted by molar-refractivity contribution is -0.150. The number of nitriles is 1. The molecule has 1 aromatic carbocycles. The number of pyridine rings is 2. The van der Waals surface area contributed by atoms with Gasteiger partial charge in [-0.1, -0.05) is 6.07 Å². The van der Waals surface area contributed by atoms with Crippen molar-refractivity contribution in [3.8, 4) is 27.1 Å². The number of nitrogens with zero attached hydrogens (tertiary/aromatic N) is 3. The van der Waals surface area contributed by atoms with Gasteiger partial charge in [-0.2, -0.15) is 44.8 Å². The molecule has 0 spiro atoms. The van der Waals surface area contributed by atoms with Crippen LogP contribution in [0.5, 0.6) is 0 Å². The highest BCUT2D eigenvalue weighted by Gasteiger charge is 2.39. The average Bonchev–Trinajstić information content (AvgIpc) is 3.34. The van der Waals surface area contributed by atoms with Crippen LogP contribution in [0.3, 0.4) is 0 Å². The molecule has 0 radical (unpaired) electrons. The molecule has 0 N–H and O–H groups in total. The number of halogens is 11. The van der Waals surface area contributed by atoms with Crippen molar-refractivity contribution in [2.45, 2.75) is 25.1 Å². The van der Waals surface area contributed by atoms with Crippen LogP contribution in [0.25, 0.3) is 21.0 Å². The Kier molecular flexibility index (Phi) is 7.46. The highest BCUT2D eigenvalue weighted by atomic mass is 32.1. The van der Waals surface area contributed by atoms with Gasteiger partial charge >= 0.3 is 18.5 Å². The molecule has 0 bridgehead atoms. The summed E-state index contributed by atoms with van der Waals surface area (Å²) in [6, 6.07) is 6.34. The zero-order chi connectivity index (χ0) is 30.5. The summed E-state index contributed by atoms with van der Waals surface area (Å²) in [5.74, 6) is -2.18. The van der Waals surface area contributed by atoms with Crippen molar-refractivity contribution in [1.82, 2.24) is 9.55 Å². The molecule has 3 heterocycles. The van der Waals surface area contributed by atoms with Gasteiger partial charge in [-0.15, -0.1) is 11.3 Å². The number of hydrogen-bond acceptors (Lipinski definition) is 4. The van der Waals surface area contributed by atoms with Crippen molar-refractivity contribution in [3.05, 3.63) is 98.6 Å². The molecule has 0 saturated carbocycles. The summed E-state index contributed by atoms with van der Waals surface area (Å²) >= 11 is 0.424. The molecular formula is C25H10F11N3OS. The molecule has 0 aliphatic carbocycles. The Hall–Kier alpha value is -4.26. The third kappa shape index (κ3) is 6.09. The van der Waals surface area contributed by atoms with E-state index in [1.165, 1.54) is 0 Å². The van der Waals surface area contributed by atoms with Gasteiger partial charge in [-0.05, 0) is 42.0 Å². The fraction of sp³-hybridized carbons (Fsp3) is 0.160. The Balaban J connectivity index is 1.95. The van der Waals surface area contributed by atoms with E-state index in [-0.39, 0.29) is 15.3 Å². The maximum Gasteiger partial charge on any atom is 0.433 e. The molecule has 4 nitrogen and oxygen atoms in total. The van der Waals surface area contributed by atoms with Crippen LogP contribution in [-0.2, 0) is 25.1 Å². The maximum absolute atomic E-state index is 14.4. The molecular weight excluding hydrogens is 599 g/mol. The molecule has 0 atom stereocenters. The van der Waals surface area contributed by atoms with E-state index in [2.05, 4.69) is 4.98 Å². The quantitative estimate of drug-likeness (QED) is 0.221. The molecule has 0 fully saturated rings. The van der Waals surface area contributed by atoms with Crippen LogP contribution in [0.4, 0.5) is 48.3 Å². The van der Waals surface area contributed by atoms with Crippen molar-refractivity contribution in [1.29, 1.82) is 5.26 Å². The van der Waals surface area contributed by atoms with Gasteiger partial charge < -0.3 is 4.57 Å². The van der Waals surface area contributed by atoms with Crippen LogP contribution < -0.4 is 5.56 Å². The number of rotatable bonds is 4. The second-order valence-corrected chi connectivity index (χ2v) is 9.42. The van der Waals surface area contributed by atoms with Crippen molar-refractivity contribution in [2.75, 3.05) is 0 Å². The normalized spacial score (nSPS) is 12.4. The summed E-state index contributed by atoms with van der Waals surface area (Å²) in [6.45, 7) is -0.800. The third-order valence-corrected chi connectivity index (χ3v) is 6.77.